The number of H-pyrrole nitrogens is 1. The largest absolute Gasteiger partial charge is 0.338 e. The summed E-state index contributed by atoms with van der Waals surface area (Å²) in [6.45, 7) is 7.15. The summed E-state index contributed by atoms with van der Waals surface area (Å²) < 4.78 is 0. The minimum atomic E-state index is 0.0566. The van der Waals surface area contributed by atoms with Crippen LogP contribution in [0.1, 0.15) is 47.6 Å². The molecule has 0 unspecified atom stereocenters. The average molecular weight is 367 g/mol. The van der Waals surface area contributed by atoms with Gasteiger partial charge < -0.3 is 14.8 Å². The SMILES string of the molecule is Cc1cnc(C(=O)N2CC[C@]3(CCCN(CCCc4ccccc4)C3)C2)[nH]1. The smallest absolute Gasteiger partial charge is 0.289 e. The predicted molar refractivity (Wildman–Crippen MR) is 107 cm³/mol. The van der Waals surface area contributed by atoms with E-state index in [0.29, 0.717) is 5.82 Å². The highest BCUT2D eigenvalue weighted by Gasteiger charge is 2.43. The van der Waals surface area contributed by atoms with E-state index >= 15 is 0 Å². The topological polar surface area (TPSA) is 52.2 Å². The molecule has 0 bridgehead atoms. The molecule has 1 amide bonds. The van der Waals surface area contributed by atoms with E-state index in [1.54, 1.807) is 6.20 Å². The Balaban J connectivity index is 1.30. The van der Waals surface area contributed by atoms with Gasteiger partial charge in [0, 0.05) is 36.9 Å². The first-order valence-electron chi connectivity index (χ1n) is 10.2. The van der Waals surface area contributed by atoms with Gasteiger partial charge in [0.25, 0.3) is 5.91 Å². The van der Waals surface area contributed by atoms with Crippen LogP contribution in [0.25, 0.3) is 0 Å². The maximum atomic E-state index is 12.7. The van der Waals surface area contributed by atoms with E-state index < -0.39 is 0 Å². The number of aromatic nitrogens is 2. The number of aromatic amines is 1. The third-order valence-electron chi connectivity index (χ3n) is 6.15. The summed E-state index contributed by atoms with van der Waals surface area (Å²) in [5, 5.41) is 0. The molecule has 2 saturated heterocycles. The fraction of sp³-hybridized carbons (Fsp3) is 0.545. The van der Waals surface area contributed by atoms with Crippen molar-refractivity contribution in [1.29, 1.82) is 0 Å². The Morgan fingerprint density at radius 2 is 2.04 bits per heavy atom. The second-order valence-corrected chi connectivity index (χ2v) is 8.36. The number of imidazole rings is 1. The van der Waals surface area contributed by atoms with Gasteiger partial charge in [0.2, 0.25) is 0 Å². The lowest BCUT2D eigenvalue weighted by molar-refractivity contribution is 0.0679. The predicted octanol–water partition coefficient (Wildman–Crippen LogP) is 3.28. The fourth-order valence-electron chi connectivity index (χ4n) is 4.77. The fourth-order valence-corrected chi connectivity index (χ4v) is 4.77. The molecule has 2 fully saturated rings. The molecule has 0 radical (unpaired) electrons. The standard InChI is InChI=1S/C22H30N4O/c1-18-15-23-20(24-18)21(27)26-14-11-22(17-26)10-6-13-25(16-22)12-5-9-19-7-3-2-4-8-19/h2-4,7-8,15H,5-6,9-14,16-17H2,1H3,(H,23,24)/t22-/m0/s1. The van der Waals surface area contributed by atoms with E-state index in [1.165, 1.54) is 31.4 Å². The van der Waals surface area contributed by atoms with Gasteiger partial charge in [-0.05, 0) is 57.7 Å². The highest BCUT2D eigenvalue weighted by molar-refractivity contribution is 5.90. The quantitative estimate of drug-likeness (QED) is 0.883. The highest BCUT2D eigenvalue weighted by atomic mass is 16.2. The molecular weight excluding hydrogens is 336 g/mol. The molecule has 0 saturated carbocycles. The van der Waals surface area contributed by atoms with Crippen LogP contribution in [0.4, 0.5) is 0 Å². The molecule has 4 rings (SSSR count). The number of likely N-dealkylation sites (tertiary alicyclic amines) is 2. The van der Waals surface area contributed by atoms with Crippen LogP contribution in [0.2, 0.25) is 0 Å². The first kappa shape index (κ1) is 18.2. The second-order valence-electron chi connectivity index (χ2n) is 8.36. The third kappa shape index (κ3) is 4.24. The van der Waals surface area contributed by atoms with Crippen molar-refractivity contribution in [1.82, 2.24) is 19.8 Å². The zero-order valence-corrected chi connectivity index (χ0v) is 16.3. The van der Waals surface area contributed by atoms with Crippen molar-refractivity contribution in [2.45, 2.75) is 39.0 Å². The minimum absolute atomic E-state index is 0.0566. The molecule has 5 nitrogen and oxygen atoms in total. The van der Waals surface area contributed by atoms with E-state index in [2.05, 4.69) is 45.2 Å². The molecule has 5 heteroatoms. The van der Waals surface area contributed by atoms with Crippen LogP contribution in [-0.2, 0) is 6.42 Å². The molecule has 144 valence electrons. The van der Waals surface area contributed by atoms with Gasteiger partial charge in [0.15, 0.2) is 5.82 Å². The number of nitrogens with one attached hydrogen (secondary N) is 1. The first-order valence-corrected chi connectivity index (χ1v) is 10.2. The maximum Gasteiger partial charge on any atom is 0.289 e. The van der Waals surface area contributed by atoms with E-state index in [4.69, 9.17) is 0 Å². The average Bonchev–Trinajstić information content (AvgIpc) is 3.29. The van der Waals surface area contributed by atoms with Crippen LogP contribution >= 0.6 is 0 Å². The first-order chi connectivity index (χ1) is 13.1. The Hall–Kier alpha value is -2.14. The minimum Gasteiger partial charge on any atom is -0.338 e. The van der Waals surface area contributed by atoms with E-state index in [9.17, 15) is 4.79 Å². The molecule has 1 aromatic heterocycles. The number of rotatable bonds is 5. The van der Waals surface area contributed by atoms with Crippen molar-refractivity contribution in [3.05, 3.63) is 53.6 Å². The van der Waals surface area contributed by atoms with Gasteiger partial charge in [-0.3, -0.25) is 4.79 Å². The lowest BCUT2D eigenvalue weighted by atomic mass is 9.79. The molecule has 1 aromatic carbocycles. The summed E-state index contributed by atoms with van der Waals surface area (Å²) in [5.41, 5.74) is 2.65. The number of benzene rings is 1. The number of nitrogens with zero attached hydrogens (tertiary/aromatic N) is 3. The van der Waals surface area contributed by atoms with Crippen molar-refractivity contribution >= 4 is 5.91 Å². The number of aryl methyl sites for hydroxylation is 2. The molecule has 27 heavy (non-hydrogen) atoms. The van der Waals surface area contributed by atoms with E-state index in [0.717, 1.165) is 44.7 Å². The molecule has 2 aromatic rings. The molecule has 1 atom stereocenters. The van der Waals surface area contributed by atoms with Gasteiger partial charge in [-0.1, -0.05) is 30.3 Å². The third-order valence-corrected chi connectivity index (χ3v) is 6.15. The zero-order chi connectivity index (χ0) is 18.7. The Morgan fingerprint density at radius 1 is 1.19 bits per heavy atom. The molecule has 2 aliphatic rings. The van der Waals surface area contributed by atoms with Crippen molar-refractivity contribution in [2.75, 3.05) is 32.7 Å². The van der Waals surface area contributed by atoms with E-state index in [1.807, 2.05) is 11.8 Å². The van der Waals surface area contributed by atoms with Crippen LogP contribution in [0.15, 0.2) is 36.5 Å². The van der Waals surface area contributed by atoms with Crippen LogP contribution in [0.3, 0.4) is 0 Å². The van der Waals surface area contributed by atoms with E-state index in [-0.39, 0.29) is 11.3 Å². The molecule has 1 N–H and O–H groups in total. The lowest BCUT2D eigenvalue weighted by Gasteiger charge is -2.40. The van der Waals surface area contributed by atoms with Gasteiger partial charge in [-0.2, -0.15) is 0 Å². The summed E-state index contributed by atoms with van der Waals surface area (Å²) in [7, 11) is 0. The number of amides is 1. The summed E-state index contributed by atoms with van der Waals surface area (Å²) in [4.78, 5) is 24.6. The number of hydrogen-bond donors (Lipinski definition) is 1. The van der Waals surface area contributed by atoms with Crippen LogP contribution in [0.5, 0.6) is 0 Å². The Bertz CT molecular complexity index is 772. The monoisotopic (exact) mass is 366 g/mol. The summed E-state index contributed by atoms with van der Waals surface area (Å²) in [6, 6.07) is 10.8. The van der Waals surface area contributed by atoms with Crippen molar-refractivity contribution in [3.63, 3.8) is 0 Å². The van der Waals surface area contributed by atoms with Gasteiger partial charge in [0.05, 0.1) is 0 Å². The zero-order valence-electron chi connectivity index (χ0n) is 16.3. The summed E-state index contributed by atoms with van der Waals surface area (Å²) >= 11 is 0. The molecule has 3 heterocycles. The van der Waals surface area contributed by atoms with Crippen LogP contribution < -0.4 is 0 Å². The molecule has 0 aliphatic carbocycles. The Kier molecular flexibility index (Phi) is 5.30. The summed E-state index contributed by atoms with van der Waals surface area (Å²) in [6.07, 6.45) is 7.68. The van der Waals surface area contributed by atoms with Gasteiger partial charge in [-0.15, -0.1) is 0 Å². The highest BCUT2D eigenvalue weighted by Crippen LogP contribution is 2.39. The van der Waals surface area contributed by atoms with Crippen LogP contribution in [0, 0.1) is 12.3 Å². The number of hydrogen-bond acceptors (Lipinski definition) is 3. The normalized spacial score (nSPS) is 23.2. The molecule has 1 spiro atoms. The Labute approximate surface area is 161 Å². The van der Waals surface area contributed by atoms with Crippen LogP contribution in [-0.4, -0.2) is 58.4 Å². The Morgan fingerprint density at radius 3 is 2.81 bits per heavy atom. The number of carbonyl (C=O) groups is 1. The van der Waals surface area contributed by atoms with Crippen molar-refractivity contribution in [2.24, 2.45) is 5.41 Å². The second kappa shape index (κ2) is 7.85. The summed E-state index contributed by atoms with van der Waals surface area (Å²) in [5.74, 6) is 0.543. The van der Waals surface area contributed by atoms with Crippen molar-refractivity contribution in [3.8, 4) is 0 Å². The number of carbonyl (C=O) groups excluding carboxylic acids is 1. The number of piperidine rings is 1. The molecule has 2 aliphatic heterocycles. The molecular formula is C22H30N4O. The lowest BCUT2D eigenvalue weighted by Crippen LogP contribution is -2.45. The van der Waals surface area contributed by atoms with Gasteiger partial charge in [0.1, 0.15) is 0 Å². The maximum absolute atomic E-state index is 12.7. The van der Waals surface area contributed by atoms with Gasteiger partial charge in [-0.25, -0.2) is 4.98 Å². The van der Waals surface area contributed by atoms with Gasteiger partial charge >= 0.3 is 0 Å². The van der Waals surface area contributed by atoms with Crippen molar-refractivity contribution < 1.29 is 4.79 Å².